The number of rotatable bonds is 2. The van der Waals surface area contributed by atoms with E-state index in [-0.39, 0.29) is 24.3 Å². The van der Waals surface area contributed by atoms with Crippen molar-refractivity contribution in [2.45, 2.75) is 51.1 Å². The fourth-order valence-corrected chi connectivity index (χ4v) is 3.88. The second kappa shape index (κ2) is 8.16. The molecule has 8 nitrogen and oxygen atoms in total. The summed E-state index contributed by atoms with van der Waals surface area (Å²) in [5.74, 6) is 0.227. The molecular formula is C18H26N4O4. The van der Waals surface area contributed by atoms with Crippen LogP contribution in [-0.4, -0.2) is 62.8 Å². The summed E-state index contributed by atoms with van der Waals surface area (Å²) in [6.45, 7) is 5.18. The Bertz CT molecular complexity index is 679. The number of carbonyl (C=O) groups excluding carboxylic acids is 2. The molecule has 0 aliphatic carbocycles. The molecule has 2 aliphatic heterocycles. The molecule has 2 saturated heterocycles. The van der Waals surface area contributed by atoms with Crippen LogP contribution in [0.15, 0.2) is 18.2 Å². The van der Waals surface area contributed by atoms with Crippen LogP contribution in [0.25, 0.3) is 0 Å². The summed E-state index contributed by atoms with van der Waals surface area (Å²) in [5.41, 5.74) is 5.33. The Hall–Kier alpha value is -2.64. The second-order valence-corrected chi connectivity index (χ2v) is 6.84. The first kappa shape index (κ1) is 19.7. The van der Waals surface area contributed by atoms with Crippen LogP contribution in [0, 0.1) is 0 Å². The number of carboxylic acid groups (broad SMARTS) is 1. The molecule has 1 aromatic heterocycles. The summed E-state index contributed by atoms with van der Waals surface area (Å²) in [5, 5.41) is 6.89. The molecule has 142 valence electrons. The first-order valence-electron chi connectivity index (χ1n) is 8.81. The van der Waals surface area contributed by atoms with Gasteiger partial charge in [-0.1, -0.05) is 6.07 Å². The van der Waals surface area contributed by atoms with Gasteiger partial charge in [0.25, 0.3) is 12.4 Å². The monoisotopic (exact) mass is 362 g/mol. The Morgan fingerprint density at radius 3 is 2.50 bits per heavy atom. The largest absolute Gasteiger partial charge is 0.483 e. The van der Waals surface area contributed by atoms with Crippen molar-refractivity contribution in [3.8, 4) is 0 Å². The number of nitrogens with zero attached hydrogens (tertiary/aromatic N) is 3. The molecule has 2 amide bonds. The molecular weight excluding hydrogens is 336 g/mol. The van der Waals surface area contributed by atoms with Crippen LogP contribution in [0.2, 0.25) is 0 Å². The lowest BCUT2D eigenvalue weighted by atomic mass is 9.84. The Balaban J connectivity index is 0.000000758. The van der Waals surface area contributed by atoms with Gasteiger partial charge in [-0.2, -0.15) is 0 Å². The predicted octanol–water partition coefficient (Wildman–Crippen LogP) is 1.37. The molecule has 1 spiro atoms. The van der Waals surface area contributed by atoms with Gasteiger partial charge in [0.15, 0.2) is 0 Å². The number of carbonyl (C=O) groups is 3. The van der Waals surface area contributed by atoms with Gasteiger partial charge in [-0.3, -0.25) is 14.4 Å². The highest BCUT2D eigenvalue weighted by Gasteiger charge is 2.53. The van der Waals surface area contributed by atoms with Gasteiger partial charge in [0, 0.05) is 19.1 Å². The van der Waals surface area contributed by atoms with E-state index in [2.05, 4.69) is 4.98 Å². The molecule has 26 heavy (non-hydrogen) atoms. The number of hydrogen-bond acceptors (Lipinski definition) is 5. The van der Waals surface area contributed by atoms with Crippen LogP contribution in [-0.2, 0) is 9.59 Å². The molecule has 0 saturated carbocycles. The van der Waals surface area contributed by atoms with E-state index >= 15 is 0 Å². The lowest BCUT2D eigenvalue weighted by Gasteiger charge is -2.45. The van der Waals surface area contributed by atoms with E-state index in [0.717, 1.165) is 32.2 Å². The standard InChI is InChI=1S/C17H24N4O2.CH2O2/c1-12(2)20-10-4-8-17(16(20)23)9-5-11-21(17)15(22)13-6-3-7-14(18)19-13;2-1-3/h3,6-7,12H,4-5,8-11H2,1-2H3,(H2,18,19);1H,(H,2,3). The van der Waals surface area contributed by atoms with Crippen molar-refractivity contribution in [2.24, 2.45) is 0 Å². The molecule has 1 unspecified atom stereocenters. The summed E-state index contributed by atoms with van der Waals surface area (Å²) in [4.78, 5) is 42.2. The molecule has 8 heteroatoms. The van der Waals surface area contributed by atoms with Crippen molar-refractivity contribution in [1.82, 2.24) is 14.8 Å². The Labute approximate surface area is 153 Å². The summed E-state index contributed by atoms with van der Waals surface area (Å²) < 4.78 is 0. The van der Waals surface area contributed by atoms with Crippen LogP contribution in [0.4, 0.5) is 5.82 Å². The summed E-state index contributed by atoms with van der Waals surface area (Å²) in [6, 6.07) is 5.20. The number of piperidine rings is 1. The average Bonchev–Trinajstić information content (AvgIpc) is 3.01. The molecule has 0 radical (unpaired) electrons. The molecule has 2 aliphatic rings. The van der Waals surface area contributed by atoms with Gasteiger partial charge >= 0.3 is 0 Å². The maximum atomic E-state index is 13.1. The van der Waals surface area contributed by atoms with Gasteiger partial charge in [0.05, 0.1) is 0 Å². The highest BCUT2D eigenvalue weighted by Crippen LogP contribution is 2.39. The van der Waals surface area contributed by atoms with E-state index in [0.29, 0.717) is 18.1 Å². The first-order valence-corrected chi connectivity index (χ1v) is 8.81. The van der Waals surface area contributed by atoms with Crippen molar-refractivity contribution in [3.05, 3.63) is 23.9 Å². The molecule has 0 aromatic carbocycles. The van der Waals surface area contributed by atoms with Crippen LogP contribution < -0.4 is 5.73 Å². The van der Waals surface area contributed by atoms with Gasteiger partial charge in [0.2, 0.25) is 5.91 Å². The van der Waals surface area contributed by atoms with E-state index in [4.69, 9.17) is 15.6 Å². The number of aromatic nitrogens is 1. The minimum atomic E-state index is -0.689. The van der Waals surface area contributed by atoms with Gasteiger partial charge < -0.3 is 20.6 Å². The van der Waals surface area contributed by atoms with Gasteiger partial charge in [-0.25, -0.2) is 4.98 Å². The summed E-state index contributed by atoms with van der Waals surface area (Å²) in [7, 11) is 0. The van der Waals surface area contributed by atoms with Crippen LogP contribution in [0.1, 0.15) is 50.0 Å². The smallest absolute Gasteiger partial charge is 0.290 e. The summed E-state index contributed by atoms with van der Waals surface area (Å²) in [6.07, 6.45) is 3.26. The number of hydrogen-bond donors (Lipinski definition) is 2. The molecule has 3 heterocycles. The second-order valence-electron chi connectivity index (χ2n) is 6.84. The first-order chi connectivity index (χ1) is 12.4. The van der Waals surface area contributed by atoms with Crippen LogP contribution >= 0.6 is 0 Å². The van der Waals surface area contributed by atoms with Crippen molar-refractivity contribution in [1.29, 1.82) is 0 Å². The van der Waals surface area contributed by atoms with E-state index in [9.17, 15) is 9.59 Å². The van der Waals surface area contributed by atoms with Crippen LogP contribution in [0.5, 0.6) is 0 Å². The van der Waals surface area contributed by atoms with E-state index < -0.39 is 5.54 Å². The molecule has 1 aromatic rings. The van der Waals surface area contributed by atoms with Gasteiger partial charge in [0.1, 0.15) is 17.1 Å². The number of likely N-dealkylation sites (tertiary alicyclic amines) is 2. The third-order valence-electron chi connectivity index (χ3n) is 5.00. The number of nitrogens with two attached hydrogens (primary N) is 1. The van der Waals surface area contributed by atoms with Crippen molar-refractivity contribution in [2.75, 3.05) is 18.8 Å². The highest BCUT2D eigenvalue weighted by atomic mass is 16.3. The zero-order valence-corrected chi connectivity index (χ0v) is 15.2. The Morgan fingerprint density at radius 2 is 1.92 bits per heavy atom. The number of pyridine rings is 1. The average molecular weight is 362 g/mol. The molecule has 0 bridgehead atoms. The molecule has 3 rings (SSSR count). The number of anilines is 1. The van der Waals surface area contributed by atoms with Gasteiger partial charge in [-0.05, 0) is 51.7 Å². The van der Waals surface area contributed by atoms with E-state index in [1.165, 1.54) is 0 Å². The minimum Gasteiger partial charge on any atom is -0.483 e. The highest BCUT2D eigenvalue weighted by molar-refractivity contribution is 5.99. The van der Waals surface area contributed by atoms with E-state index in [1.807, 2.05) is 18.7 Å². The van der Waals surface area contributed by atoms with Crippen molar-refractivity contribution < 1.29 is 19.5 Å². The Kier molecular flexibility index (Phi) is 6.18. The van der Waals surface area contributed by atoms with Crippen LogP contribution in [0.3, 0.4) is 0 Å². The quantitative estimate of drug-likeness (QED) is 0.768. The number of nitrogen functional groups attached to an aromatic ring is 1. The predicted molar refractivity (Wildman–Crippen MR) is 96.4 cm³/mol. The topological polar surface area (TPSA) is 117 Å². The molecule has 2 fully saturated rings. The maximum Gasteiger partial charge on any atom is 0.290 e. The molecule has 3 N–H and O–H groups in total. The third kappa shape index (κ3) is 3.63. The third-order valence-corrected chi connectivity index (χ3v) is 5.00. The van der Waals surface area contributed by atoms with Gasteiger partial charge in [-0.15, -0.1) is 0 Å². The number of amides is 2. The zero-order valence-electron chi connectivity index (χ0n) is 15.2. The lowest BCUT2D eigenvalue weighted by molar-refractivity contribution is -0.147. The fourth-order valence-electron chi connectivity index (χ4n) is 3.88. The van der Waals surface area contributed by atoms with Crippen molar-refractivity contribution in [3.63, 3.8) is 0 Å². The Morgan fingerprint density at radius 1 is 1.31 bits per heavy atom. The maximum absolute atomic E-state index is 13.1. The lowest BCUT2D eigenvalue weighted by Crippen LogP contribution is -2.62. The zero-order chi connectivity index (χ0) is 19.3. The minimum absolute atomic E-state index is 0.0912. The molecule has 1 atom stereocenters. The summed E-state index contributed by atoms with van der Waals surface area (Å²) >= 11 is 0. The SMILES string of the molecule is CC(C)N1CCCC2(CCCN2C(=O)c2cccc(N)n2)C1=O.O=CO. The fraction of sp³-hybridized carbons (Fsp3) is 0.556. The normalized spacial score (nSPS) is 22.3. The van der Waals surface area contributed by atoms with Crippen molar-refractivity contribution >= 4 is 24.1 Å². The van der Waals surface area contributed by atoms with E-state index in [1.54, 1.807) is 23.1 Å².